The summed E-state index contributed by atoms with van der Waals surface area (Å²) in [5.41, 5.74) is 10.6. The maximum absolute atomic E-state index is 8.62. The highest BCUT2D eigenvalue weighted by Crippen LogP contribution is 2.35. The Kier molecular flexibility index (Phi) is 7.85. The van der Waals surface area contributed by atoms with Crippen LogP contribution in [0, 0.1) is 41.1 Å². The van der Waals surface area contributed by atoms with Crippen molar-refractivity contribution in [1.29, 1.82) is 0 Å². The fourth-order valence-electron chi connectivity index (χ4n) is 10.9. The Hall–Kier alpha value is -8.81. The summed E-state index contributed by atoms with van der Waals surface area (Å²) < 4.78 is 153. The summed E-state index contributed by atoms with van der Waals surface area (Å²) in [7, 11) is 0. The van der Waals surface area contributed by atoms with E-state index in [2.05, 4.69) is 105 Å². The van der Waals surface area contributed by atoms with Crippen molar-refractivity contribution in [2.75, 3.05) is 0 Å². The van der Waals surface area contributed by atoms with E-state index in [-0.39, 0.29) is 33.2 Å². The number of pyridine rings is 5. The lowest BCUT2D eigenvalue weighted by Crippen LogP contribution is -2.01. The van der Waals surface area contributed by atoms with Gasteiger partial charge >= 0.3 is 0 Å². The van der Waals surface area contributed by atoms with Gasteiger partial charge in [0.2, 0.25) is 0 Å². The fraction of sp³-hybridized carbons (Fsp3) is 0.174. The Morgan fingerprint density at radius 2 is 0.842 bits per heavy atom. The van der Waals surface area contributed by atoms with Gasteiger partial charge in [-0.25, -0.2) is 9.03 Å². The van der Waals surface area contributed by atoms with Gasteiger partial charge in [-0.1, -0.05) is 121 Å². The number of rotatable bonds is 12. The molecule has 0 bridgehead atoms. The Balaban J connectivity index is 0.849. The molecule has 0 aliphatic rings. The second-order valence-corrected chi connectivity index (χ2v) is 19.6. The Morgan fingerprint density at radius 1 is 0.368 bits per heavy atom. The van der Waals surface area contributed by atoms with E-state index in [0.717, 1.165) is 66.9 Å². The number of benzene rings is 6. The average molecular weight is 1000 g/mol. The molecule has 0 amide bonds. The highest BCUT2D eigenvalue weighted by Gasteiger charge is 2.18. The molecule has 0 unspecified atom stereocenters. The second kappa shape index (κ2) is 19.2. The number of aryl methyl sites for hydroxylation is 12. The predicted molar refractivity (Wildman–Crippen MR) is 314 cm³/mol. The summed E-state index contributed by atoms with van der Waals surface area (Å²) in [6.07, 6.45) is 7.62. The van der Waals surface area contributed by atoms with Gasteiger partial charge in [-0.2, -0.15) is 10.2 Å². The number of fused-ring (bicyclic) bond motifs is 12. The maximum Gasteiger partial charge on any atom is 0.0966 e. The first-order valence-corrected chi connectivity index (χ1v) is 25.3. The highest BCUT2D eigenvalue weighted by molar-refractivity contribution is 6.13. The summed E-state index contributed by atoms with van der Waals surface area (Å²) in [5.74, 6) is 0. The summed E-state index contributed by atoms with van der Waals surface area (Å²) in [6.45, 7) is -16.9. The van der Waals surface area contributed by atoms with E-state index < -0.39 is 63.6 Å². The molecular weight excluding hydrogens is 927 g/mol. The monoisotopic (exact) mass is 1000 g/mol. The molecule has 7 aromatic heterocycles. The van der Waals surface area contributed by atoms with Crippen molar-refractivity contribution in [2.24, 2.45) is 0 Å². The van der Waals surface area contributed by atoms with Gasteiger partial charge < -0.3 is 0 Å². The number of hydrogen-bond donors (Lipinski definition) is 0. The van der Waals surface area contributed by atoms with E-state index in [0.29, 0.717) is 71.1 Å². The van der Waals surface area contributed by atoms with Crippen LogP contribution in [0.1, 0.15) is 91.7 Å². The maximum atomic E-state index is 8.62. The third-order valence-electron chi connectivity index (χ3n) is 14.7. The van der Waals surface area contributed by atoms with Crippen LogP contribution in [0.15, 0.2) is 176 Å². The molecule has 0 saturated heterocycles. The number of nitrogens with zero attached hydrogens (tertiary/aromatic N) is 7. The molecule has 0 spiro atoms. The van der Waals surface area contributed by atoms with Gasteiger partial charge in [0.05, 0.1) is 50.2 Å². The number of aromatic nitrogens is 7. The molecule has 0 radical (unpaired) electrons. The van der Waals surface area contributed by atoms with Gasteiger partial charge in [-0.3, -0.25) is 15.0 Å². The molecule has 0 saturated carbocycles. The summed E-state index contributed by atoms with van der Waals surface area (Å²) in [4.78, 5) is 13.8. The topological polar surface area (TPSA) is 73.3 Å². The smallest absolute Gasteiger partial charge is 0.0966 e. The van der Waals surface area contributed by atoms with Gasteiger partial charge in [0.15, 0.2) is 0 Å². The van der Waals surface area contributed by atoms with Crippen molar-refractivity contribution in [3.05, 3.63) is 243 Å². The van der Waals surface area contributed by atoms with E-state index in [1.807, 2.05) is 54.7 Å². The zero-order valence-corrected chi connectivity index (χ0v) is 41.1. The lowest BCUT2D eigenvalue weighted by Gasteiger charge is -2.13. The van der Waals surface area contributed by atoms with Crippen LogP contribution in [0.2, 0.25) is 0 Å². The zero-order chi connectivity index (χ0) is 66.6. The molecule has 0 aliphatic heterocycles. The van der Waals surface area contributed by atoms with Gasteiger partial charge in [0, 0.05) is 70.4 Å². The summed E-state index contributed by atoms with van der Waals surface area (Å²) in [5, 5.41) is 10.5. The Morgan fingerprint density at radius 3 is 1.36 bits per heavy atom. The molecule has 6 aromatic carbocycles. The van der Waals surface area contributed by atoms with E-state index >= 15 is 0 Å². The van der Waals surface area contributed by atoms with Crippen LogP contribution >= 0.6 is 0 Å². The van der Waals surface area contributed by atoms with Gasteiger partial charge in [-0.05, 0) is 194 Å². The molecule has 7 nitrogen and oxygen atoms in total. The van der Waals surface area contributed by atoms with Crippen LogP contribution in [0.3, 0.4) is 0 Å². The van der Waals surface area contributed by atoms with E-state index in [1.165, 1.54) is 33.6 Å². The normalized spacial score (nSPS) is 16.4. The highest BCUT2D eigenvalue weighted by atomic mass is 15.2. The Labute approximate surface area is 468 Å². The summed E-state index contributed by atoms with van der Waals surface area (Å²) >= 11 is 0. The fourth-order valence-corrected chi connectivity index (χ4v) is 10.9. The molecule has 370 valence electrons. The standard InChI is InChI=1S/C69H59N7/c1-42-32-64-66(71-40-42)59-28-20-49(37-61(59)68-44(3)46(5)73-75(64)68)13-16-52-34-51(15-12-48-18-22-57(23-19-48)63-39-58(30-31-70-63)56-26-24-55(25-27-56)54-10-8-7-9-11-54)35-53(36-52)17-14-50-21-29-60-62(38-50)69-45(4)47(6)74-76(69)65-33-43(2)41-72-67(60)65/h7-11,18-41H,12-17H2,1-6H3/i1D3,2D3,3D3,4D3,5D3,6D3. The van der Waals surface area contributed by atoms with Gasteiger partial charge in [0.25, 0.3) is 0 Å². The molecule has 13 rings (SSSR count). The first-order valence-electron chi connectivity index (χ1n) is 34.3. The molecule has 0 fully saturated rings. The summed E-state index contributed by atoms with van der Waals surface area (Å²) in [6, 6.07) is 51.5. The van der Waals surface area contributed by atoms with Crippen LogP contribution in [0.5, 0.6) is 0 Å². The van der Waals surface area contributed by atoms with Crippen LogP contribution in [-0.4, -0.2) is 34.2 Å². The van der Waals surface area contributed by atoms with Crippen molar-refractivity contribution < 1.29 is 24.7 Å². The van der Waals surface area contributed by atoms with Gasteiger partial charge in [-0.15, -0.1) is 0 Å². The van der Waals surface area contributed by atoms with Crippen molar-refractivity contribution in [1.82, 2.24) is 34.2 Å². The minimum absolute atomic E-state index is 0.0224. The minimum Gasteiger partial charge on any atom is -0.256 e. The van der Waals surface area contributed by atoms with Crippen LogP contribution in [0.4, 0.5) is 0 Å². The predicted octanol–water partition coefficient (Wildman–Crippen LogP) is 16.0. The third-order valence-corrected chi connectivity index (χ3v) is 14.7. The minimum atomic E-state index is -2.94. The zero-order valence-electron chi connectivity index (χ0n) is 59.1. The molecule has 13 aromatic rings. The van der Waals surface area contributed by atoms with Crippen molar-refractivity contribution in [3.63, 3.8) is 0 Å². The van der Waals surface area contributed by atoms with Crippen LogP contribution < -0.4 is 0 Å². The molecule has 76 heavy (non-hydrogen) atoms. The number of hydrogen-bond acceptors (Lipinski definition) is 5. The SMILES string of the molecule is [2H]C([2H])([2H])c1cnc2c3ccc(CCc4cc(CCc5ccc(-c6cc(-c7ccc(-c8ccccc8)cc7)ccn6)cc5)cc(CCc5ccc6c(c5)c5c(C([2H])([2H])[2H])c(C([2H])([2H])[2H])nn5c5cc(C([2H])([2H])[2H])cnc65)c4)cc3c3c(C([2H])([2H])[2H])c(C([2H])([2H])[2H])nn3c2c1. The quantitative estimate of drug-likeness (QED) is 0.114. The second-order valence-electron chi connectivity index (χ2n) is 19.6. The van der Waals surface area contributed by atoms with Gasteiger partial charge in [0.1, 0.15) is 0 Å². The molecule has 7 heterocycles. The molecule has 7 heteroatoms. The molecular formula is C69H59N7. The largest absolute Gasteiger partial charge is 0.256 e. The third kappa shape index (κ3) is 8.65. The molecule has 0 atom stereocenters. The molecule has 0 N–H and O–H groups in total. The van der Waals surface area contributed by atoms with Crippen molar-refractivity contribution in [3.8, 4) is 33.5 Å². The first-order chi connectivity index (χ1) is 44.3. The Bertz CT molecular complexity index is 4870. The first kappa shape index (κ1) is 31.2. The van der Waals surface area contributed by atoms with Crippen molar-refractivity contribution >= 4 is 54.6 Å². The van der Waals surface area contributed by atoms with E-state index in [9.17, 15) is 0 Å². The van der Waals surface area contributed by atoms with E-state index in [1.54, 1.807) is 12.1 Å². The average Bonchev–Trinajstić information content (AvgIpc) is 1.55. The lowest BCUT2D eigenvalue weighted by molar-refractivity contribution is 0.904. The van der Waals surface area contributed by atoms with Crippen LogP contribution in [-0.2, 0) is 38.5 Å². The van der Waals surface area contributed by atoms with E-state index in [4.69, 9.17) is 29.7 Å². The van der Waals surface area contributed by atoms with Crippen molar-refractivity contribution in [2.45, 2.75) is 79.6 Å². The lowest BCUT2D eigenvalue weighted by atomic mass is 9.93. The molecule has 0 aliphatic carbocycles. The van der Waals surface area contributed by atoms with Crippen LogP contribution in [0.25, 0.3) is 88.2 Å².